The van der Waals surface area contributed by atoms with Crippen molar-refractivity contribution in [1.29, 1.82) is 0 Å². The highest BCUT2D eigenvalue weighted by Crippen LogP contribution is 2.09. The Kier molecular flexibility index (Phi) is 3.01. The van der Waals surface area contributed by atoms with Crippen molar-refractivity contribution in [2.45, 2.75) is 20.3 Å². The summed E-state index contributed by atoms with van der Waals surface area (Å²) < 4.78 is 4.56. The lowest BCUT2D eigenvalue weighted by Gasteiger charge is -2.03. The molecular formula is C10H13NO2. The maximum atomic E-state index is 11.1. The molecule has 1 heterocycles. The Hall–Kier alpha value is -1.38. The van der Waals surface area contributed by atoms with Crippen molar-refractivity contribution >= 4 is 5.97 Å². The van der Waals surface area contributed by atoms with Crippen LogP contribution < -0.4 is 0 Å². The summed E-state index contributed by atoms with van der Waals surface area (Å²) >= 11 is 0. The Bertz CT molecular complexity index is 321. The monoisotopic (exact) mass is 179 g/mol. The summed E-state index contributed by atoms with van der Waals surface area (Å²) in [4.78, 5) is 15.1. The second-order valence-electron chi connectivity index (χ2n) is 2.84. The van der Waals surface area contributed by atoms with Gasteiger partial charge in [-0.25, -0.2) is 9.78 Å². The van der Waals surface area contributed by atoms with Gasteiger partial charge < -0.3 is 4.74 Å². The average molecular weight is 179 g/mol. The predicted molar refractivity (Wildman–Crippen MR) is 49.7 cm³/mol. The summed E-state index contributed by atoms with van der Waals surface area (Å²) in [7, 11) is 1.35. The van der Waals surface area contributed by atoms with Gasteiger partial charge in [-0.05, 0) is 30.5 Å². The number of esters is 1. The largest absolute Gasteiger partial charge is 0.464 e. The SMILES string of the molecule is CCc1cnc(C(=O)OC)cc1C. The molecule has 13 heavy (non-hydrogen) atoms. The molecule has 0 N–H and O–H groups in total. The standard InChI is InChI=1S/C10H13NO2/c1-4-8-6-11-9(5-7(8)2)10(12)13-3/h5-6H,4H2,1-3H3. The van der Waals surface area contributed by atoms with Crippen LogP contribution in [0.4, 0.5) is 0 Å². The number of aromatic nitrogens is 1. The normalized spacial score (nSPS) is 9.77. The van der Waals surface area contributed by atoms with E-state index in [4.69, 9.17) is 0 Å². The number of aryl methyl sites for hydroxylation is 2. The summed E-state index contributed by atoms with van der Waals surface area (Å²) in [5.74, 6) is -0.384. The van der Waals surface area contributed by atoms with Gasteiger partial charge in [0.2, 0.25) is 0 Å². The lowest BCUT2D eigenvalue weighted by molar-refractivity contribution is 0.0594. The summed E-state index contributed by atoms with van der Waals surface area (Å²) in [5.41, 5.74) is 2.61. The van der Waals surface area contributed by atoms with E-state index in [-0.39, 0.29) is 5.97 Å². The van der Waals surface area contributed by atoms with Crippen LogP contribution in [0.1, 0.15) is 28.5 Å². The van der Waals surface area contributed by atoms with Crippen molar-refractivity contribution in [3.05, 3.63) is 29.1 Å². The van der Waals surface area contributed by atoms with E-state index in [1.807, 2.05) is 6.92 Å². The van der Waals surface area contributed by atoms with Crippen LogP contribution in [0.2, 0.25) is 0 Å². The Labute approximate surface area is 77.8 Å². The van der Waals surface area contributed by atoms with Crippen LogP contribution in [-0.4, -0.2) is 18.1 Å². The molecular weight excluding hydrogens is 166 g/mol. The van der Waals surface area contributed by atoms with Gasteiger partial charge in [0, 0.05) is 6.20 Å². The van der Waals surface area contributed by atoms with Crippen LogP contribution in [0.25, 0.3) is 0 Å². The van der Waals surface area contributed by atoms with Gasteiger partial charge in [0.25, 0.3) is 0 Å². The van der Waals surface area contributed by atoms with Crippen molar-refractivity contribution in [2.75, 3.05) is 7.11 Å². The summed E-state index contributed by atoms with van der Waals surface area (Å²) in [6.07, 6.45) is 2.65. The van der Waals surface area contributed by atoms with Crippen LogP contribution in [-0.2, 0) is 11.2 Å². The van der Waals surface area contributed by atoms with E-state index in [0.717, 1.165) is 17.5 Å². The number of pyridine rings is 1. The molecule has 0 radical (unpaired) electrons. The van der Waals surface area contributed by atoms with Crippen molar-refractivity contribution in [3.8, 4) is 0 Å². The molecule has 1 rings (SSSR count). The van der Waals surface area contributed by atoms with Gasteiger partial charge in [0.1, 0.15) is 5.69 Å². The second-order valence-corrected chi connectivity index (χ2v) is 2.84. The zero-order valence-corrected chi connectivity index (χ0v) is 8.13. The van der Waals surface area contributed by atoms with Gasteiger partial charge in [-0.2, -0.15) is 0 Å². The van der Waals surface area contributed by atoms with Gasteiger partial charge in [-0.15, -0.1) is 0 Å². The lowest BCUT2D eigenvalue weighted by atomic mass is 10.1. The highest BCUT2D eigenvalue weighted by atomic mass is 16.5. The molecule has 0 aliphatic heterocycles. The molecule has 0 saturated heterocycles. The quantitative estimate of drug-likeness (QED) is 0.649. The molecule has 0 aromatic carbocycles. The van der Waals surface area contributed by atoms with E-state index in [9.17, 15) is 4.79 Å². The summed E-state index contributed by atoms with van der Waals surface area (Å²) in [6, 6.07) is 1.75. The van der Waals surface area contributed by atoms with Gasteiger partial charge >= 0.3 is 5.97 Å². The van der Waals surface area contributed by atoms with Gasteiger partial charge in [-0.3, -0.25) is 0 Å². The highest BCUT2D eigenvalue weighted by molar-refractivity contribution is 5.87. The lowest BCUT2D eigenvalue weighted by Crippen LogP contribution is -2.05. The number of hydrogen-bond acceptors (Lipinski definition) is 3. The Morgan fingerprint density at radius 3 is 2.77 bits per heavy atom. The third-order valence-corrected chi connectivity index (χ3v) is 1.99. The number of carbonyl (C=O) groups excluding carboxylic acids is 1. The molecule has 0 bridgehead atoms. The molecule has 0 atom stereocenters. The first-order chi connectivity index (χ1) is 6.19. The first kappa shape index (κ1) is 9.71. The molecule has 0 aliphatic carbocycles. The number of nitrogens with zero attached hydrogens (tertiary/aromatic N) is 1. The minimum atomic E-state index is -0.384. The number of methoxy groups -OCH3 is 1. The van der Waals surface area contributed by atoms with Gasteiger partial charge in [-0.1, -0.05) is 6.92 Å². The Balaban J connectivity index is 3.02. The molecule has 3 nitrogen and oxygen atoms in total. The van der Waals surface area contributed by atoms with E-state index < -0.39 is 0 Å². The number of rotatable bonds is 2. The summed E-state index contributed by atoms with van der Waals surface area (Å²) in [5, 5.41) is 0. The molecule has 1 aromatic heterocycles. The Morgan fingerprint density at radius 2 is 2.31 bits per heavy atom. The van der Waals surface area contributed by atoms with Crippen molar-refractivity contribution < 1.29 is 9.53 Å². The zero-order valence-electron chi connectivity index (χ0n) is 8.13. The molecule has 0 saturated carbocycles. The molecule has 0 spiro atoms. The van der Waals surface area contributed by atoms with E-state index in [1.165, 1.54) is 7.11 Å². The summed E-state index contributed by atoms with van der Waals surface area (Å²) in [6.45, 7) is 4.02. The van der Waals surface area contributed by atoms with Crippen LogP contribution in [0, 0.1) is 6.92 Å². The fourth-order valence-electron chi connectivity index (χ4n) is 1.17. The van der Waals surface area contributed by atoms with Crippen LogP contribution in [0.15, 0.2) is 12.3 Å². The molecule has 0 unspecified atom stereocenters. The highest BCUT2D eigenvalue weighted by Gasteiger charge is 2.07. The number of carbonyl (C=O) groups is 1. The topological polar surface area (TPSA) is 39.2 Å². The maximum absolute atomic E-state index is 11.1. The smallest absolute Gasteiger partial charge is 0.356 e. The third kappa shape index (κ3) is 2.05. The fraction of sp³-hybridized carbons (Fsp3) is 0.400. The minimum Gasteiger partial charge on any atom is -0.464 e. The van der Waals surface area contributed by atoms with E-state index in [2.05, 4.69) is 16.6 Å². The van der Waals surface area contributed by atoms with Crippen molar-refractivity contribution in [2.24, 2.45) is 0 Å². The average Bonchev–Trinajstić information content (AvgIpc) is 2.16. The maximum Gasteiger partial charge on any atom is 0.356 e. The number of ether oxygens (including phenoxy) is 1. The van der Waals surface area contributed by atoms with Gasteiger partial charge in [0.15, 0.2) is 0 Å². The van der Waals surface area contributed by atoms with E-state index >= 15 is 0 Å². The van der Waals surface area contributed by atoms with Crippen LogP contribution >= 0.6 is 0 Å². The minimum absolute atomic E-state index is 0.372. The zero-order chi connectivity index (χ0) is 9.84. The fourth-order valence-corrected chi connectivity index (χ4v) is 1.17. The molecule has 1 aromatic rings. The van der Waals surface area contributed by atoms with Crippen LogP contribution in [0.5, 0.6) is 0 Å². The molecule has 0 amide bonds. The van der Waals surface area contributed by atoms with E-state index in [0.29, 0.717) is 5.69 Å². The number of hydrogen-bond donors (Lipinski definition) is 0. The molecule has 3 heteroatoms. The van der Waals surface area contributed by atoms with Crippen molar-refractivity contribution in [1.82, 2.24) is 4.98 Å². The Morgan fingerprint density at radius 1 is 1.62 bits per heavy atom. The predicted octanol–water partition coefficient (Wildman–Crippen LogP) is 1.74. The molecule has 0 fully saturated rings. The third-order valence-electron chi connectivity index (χ3n) is 1.99. The van der Waals surface area contributed by atoms with Gasteiger partial charge in [0.05, 0.1) is 7.11 Å². The van der Waals surface area contributed by atoms with Crippen LogP contribution in [0.3, 0.4) is 0 Å². The first-order valence-corrected chi connectivity index (χ1v) is 4.22. The van der Waals surface area contributed by atoms with Crippen molar-refractivity contribution in [3.63, 3.8) is 0 Å². The molecule has 0 aliphatic rings. The second kappa shape index (κ2) is 4.03. The molecule has 70 valence electrons. The first-order valence-electron chi connectivity index (χ1n) is 4.22. The van der Waals surface area contributed by atoms with E-state index in [1.54, 1.807) is 12.3 Å².